The van der Waals surface area contributed by atoms with Gasteiger partial charge in [-0.2, -0.15) is 4.98 Å². The van der Waals surface area contributed by atoms with E-state index in [9.17, 15) is 9.59 Å². The van der Waals surface area contributed by atoms with Crippen LogP contribution in [0.1, 0.15) is 71.0 Å². The van der Waals surface area contributed by atoms with Crippen molar-refractivity contribution in [3.63, 3.8) is 0 Å². The number of aromatic nitrogens is 2. The molecule has 1 saturated carbocycles. The van der Waals surface area contributed by atoms with Gasteiger partial charge in [-0.1, -0.05) is 25.9 Å². The number of aliphatic carboxylic acids is 1. The molecule has 1 aliphatic carbocycles. The summed E-state index contributed by atoms with van der Waals surface area (Å²) in [6.07, 6.45) is 4.40. The van der Waals surface area contributed by atoms with Crippen LogP contribution in [0.4, 0.5) is 0 Å². The summed E-state index contributed by atoms with van der Waals surface area (Å²) in [7, 11) is 0. The molecular formula is C17H27N3O4. The first-order valence-electron chi connectivity index (χ1n) is 8.61. The van der Waals surface area contributed by atoms with Crippen molar-refractivity contribution >= 4 is 11.9 Å². The van der Waals surface area contributed by atoms with E-state index < -0.39 is 5.97 Å². The number of nitrogens with zero attached hydrogens (tertiary/aromatic N) is 2. The zero-order valence-corrected chi connectivity index (χ0v) is 14.7. The maximum atomic E-state index is 12.0. The fourth-order valence-corrected chi connectivity index (χ4v) is 2.85. The molecule has 0 aliphatic heterocycles. The minimum atomic E-state index is -0.728. The Morgan fingerprint density at radius 3 is 2.46 bits per heavy atom. The largest absolute Gasteiger partial charge is 0.481 e. The van der Waals surface area contributed by atoms with Crippen LogP contribution in [0, 0.1) is 5.92 Å². The van der Waals surface area contributed by atoms with Gasteiger partial charge in [0.25, 0.3) is 0 Å². The van der Waals surface area contributed by atoms with Gasteiger partial charge < -0.3 is 14.9 Å². The number of carbonyl (C=O) groups excluding carboxylic acids is 1. The molecule has 1 heterocycles. The van der Waals surface area contributed by atoms with E-state index >= 15 is 0 Å². The molecule has 24 heavy (non-hydrogen) atoms. The Bertz CT molecular complexity index is 569. The van der Waals surface area contributed by atoms with Crippen molar-refractivity contribution in [1.29, 1.82) is 0 Å². The summed E-state index contributed by atoms with van der Waals surface area (Å²) < 4.78 is 5.21. The summed E-state index contributed by atoms with van der Waals surface area (Å²) in [6, 6.07) is 0.101. The van der Waals surface area contributed by atoms with Gasteiger partial charge in [0.05, 0.1) is 5.92 Å². The van der Waals surface area contributed by atoms with E-state index in [0.29, 0.717) is 43.8 Å². The smallest absolute Gasteiger partial charge is 0.306 e. The van der Waals surface area contributed by atoms with Gasteiger partial charge in [-0.3, -0.25) is 9.59 Å². The van der Waals surface area contributed by atoms with Gasteiger partial charge in [0.1, 0.15) is 0 Å². The highest BCUT2D eigenvalue weighted by atomic mass is 16.5. The van der Waals surface area contributed by atoms with Gasteiger partial charge in [-0.15, -0.1) is 0 Å². The van der Waals surface area contributed by atoms with Crippen LogP contribution in [0.2, 0.25) is 0 Å². The minimum Gasteiger partial charge on any atom is -0.481 e. The molecule has 2 rings (SSSR count). The highest BCUT2D eigenvalue weighted by Crippen LogP contribution is 2.24. The SMILES string of the molecule is CC(C)(C)c1noc(CCCC(=O)NC2CCC(C(=O)O)CC2)n1. The Kier molecular flexibility index (Phi) is 5.96. The number of nitrogens with one attached hydrogen (secondary N) is 1. The second-order valence-electron chi connectivity index (χ2n) is 7.57. The maximum Gasteiger partial charge on any atom is 0.306 e. The highest BCUT2D eigenvalue weighted by molar-refractivity contribution is 5.76. The standard InChI is InChI=1S/C17H27N3O4/c1-17(2,3)16-19-14(24-20-16)6-4-5-13(21)18-12-9-7-11(8-10-12)15(22)23/h11-12H,4-10H2,1-3H3,(H,18,21)(H,22,23). The summed E-state index contributed by atoms with van der Waals surface area (Å²) in [4.78, 5) is 27.3. The number of aryl methyl sites for hydroxylation is 1. The van der Waals surface area contributed by atoms with Gasteiger partial charge in [0, 0.05) is 24.3 Å². The summed E-state index contributed by atoms with van der Waals surface area (Å²) in [5.74, 6) is 0.262. The van der Waals surface area contributed by atoms with E-state index in [0.717, 1.165) is 12.8 Å². The molecule has 0 atom stereocenters. The molecule has 0 radical (unpaired) electrons. The van der Waals surface area contributed by atoms with Gasteiger partial charge in [-0.05, 0) is 32.1 Å². The molecule has 134 valence electrons. The van der Waals surface area contributed by atoms with Crippen molar-refractivity contribution in [3.05, 3.63) is 11.7 Å². The predicted molar refractivity (Wildman–Crippen MR) is 87.5 cm³/mol. The molecule has 0 aromatic carbocycles. The van der Waals surface area contributed by atoms with Crippen LogP contribution in [0.25, 0.3) is 0 Å². The lowest BCUT2D eigenvalue weighted by molar-refractivity contribution is -0.142. The molecule has 1 aromatic heterocycles. The van der Waals surface area contributed by atoms with E-state index in [1.165, 1.54) is 0 Å². The van der Waals surface area contributed by atoms with Crippen molar-refractivity contribution in [3.8, 4) is 0 Å². The topological polar surface area (TPSA) is 105 Å². The Morgan fingerprint density at radius 1 is 1.25 bits per heavy atom. The van der Waals surface area contributed by atoms with Crippen LogP contribution in [0.5, 0.6) is 0 Å². The van der Waals surface area contributed by atoms with E-state index in [-0.39, 0.29) is 23.3 Å². The molecule has 1 fully saturated rings. The van der Waals surface area contributed by atoms with E-state index in [2.05, 4.69) is 15.5 Å². The number of carboxylic acids is 1. The van der Waals surface area contributed by atoms with Crippen LogP contribution < -0.4 is 5.32 Å². The van der Waals surface area contributed by atoms with Crippen molar-refractivity contribution in [2.45, 2.75) is 77.2 Å². The van der Waals surface area contributed by atoms with E-state index in [4.69, 9.17) is 9.63 Å². The third-order valence-electron chi connectivity index (χ3n) is 4.37. The molecule has 7 heteroatoms. The zero-order valence-electron chi connectivity index (χ0n) is 14.7. The summed E-state index contributed by atoms with van der Waals surface area (Å²) in [6.45, 7) is 6.07. The fourth-order valence-electron chi connectivity index (χ4n) is 2.85. The van der Waals surface area contributed by atoms with Gasteiger partial charge in [0.15, 0.2) is 5.82 Å². The number of amides is 1. The Morgan fingerprint density at radius 2 is 1.92 bits per heavy atom. The Balaban J connectivity index is 1.67. The fraction of sp³-hybridized carbons (Fsp3) is 0.765. The summed E-state index contributed by atoms with van der Waals surface area (Å²) in [5.41, 5.74) is -0.145. The lowest BCUT2D eigenvalue weighted by Crippen LogP contribution is -2.38. The van der Waals surface area contributed by atoms with Gasteiger partial charge >= 0.3 is 5.97 Å². The summed E-state index contributed by atoms with van der Waals surface area (Å²) in [5, 5.41) is 15.9. The molecule has 0 spiro atoms. The number of carboxylic acid groups (broad SMARTS) is 1. The predicted octanol–water partition coefficient (Wildman–Crippen LogP) is 2.45. The van der Waals surface area contributed by atoms with Crippen LogP contribution in [-0.4, -0.2) is 33.2 Å². The van der Waals surface area contributed by atoms with E-state index in [1.54, 1.807) is 0 Å². The molecule has 0 saturated heterocycles. The average Bonchev–Trinajstić information content (AvgIpc) is 2.97. The zero-order chi connectivity index (χ0) is 17.7. The van der Waals surface area contributed by atoms with Crippen LogP contribution in [0.15, 0.2) is 4.52 Å². The van der Waals surface area contributed by atoms with Crippen molar-refractivity contribution in [2.75, 3.05) is 0 Å². The monoisotopic (exact) mass is 337 g/mol. The second-order valence-corrected chi connectivity index (χ2v) is 7.57. The first kappa shape index (κ1) is 18.4. The number of hydrogen-bond donors (Lipinski definition) is 2. The normalized spacial score (nSPS) is 21.5. The minimum absolute atomic E-state index is 0.00401. The first-order valence-corrected chi connectivity index (χ1v) is 8.61. The molecule has 0 bridgehead atoms. The maximum absolute atomic E-state index is 12.0. The molecular weight excluding hydrogens is 310 g/mol. The molecule has 0 unspecified atom stereocenters. The highest BCUT2D eigenvalue weighted by Gasteiger charge is 2.26. The Hall–Kier alpha value is -1.92. The molecule has 7 nitrogen and oxygen atoms in total. The van der Waals surface area contributed by atoms with Crippen LogP contribution in [0.3, 0.4) is 0 Å². The second kappa shape index (κ2) is 7.77. The quantitative estimate of drug-likeness (QED) is 0.826. The number of hydrogen-bond acceptors (Lipinski definition) is 5. The first-order chi connectivity index (χ1) is 11.3. The third kappa shape index (κ3) is 5.32. The van der Waals surface area contributed by atoms with Crippen LogP contribution >= 0.6 is 0 Å². The Labute approximate surface area is 142 Å². The van der Waals surface area contributed by atoms with Gasteiger partial charge in [-0.25, -0.2) is 0 Å². The number of rotatable bonds is 6. The molecule has 2 N–H and O–H groups in total. The van der Waals surface area contributed by atoms with Gasteiger partial charge in [0.2, 0.25) is 11.8 Å². The lowest BCUT2D eigenvalue weighted by atomic mass is 9.86. The molecule has 1 aliphatic rings. The van der Waals surface area contributed by atoms with Crippen LogP contribution in [-0.2, 0) is 21.4 Å². The summed E-state index contributed by atoms with van der Waals surface area (Å²) >= 11 is 0. The molecule has 1 aromatic rings. The lowest BCUT2D eigenvalue weighted by Gasteiger charge is -2.26. The third-order valence-corrected chi connectivity index (χ3v) is 4.37. The van der Waals surface area contributed by atoms with Crippen molar-refractivity contribution in [2.24, 2.45) is 5.92 Å². The molecule has 1 amide bonds. The van der Waals surface area contributed by atoms with E-state index in [1.807, 2.05) is 20.8 Å². The average molecular weight is 337 g/mol. The van der Waals surface area contributed by atoms with Crippen molar-refractivity contribution in [1.82, 2.24) is 15.5 Å². The number of carbonyl (C=O) groups is 2. The van der Waals surface area contributed by atoms with Crippen molar-refractivity contribution < 1.29 is 19.2 Å².